The minimum atomic E-state index is -0.716. The van der Waals surface area contributed by atoms with Crippen LogP contribution in [0.5, 0.6) is 0 Å². The number of carbonyl (C=O) groups excluding carboxylic acids is 4. The molecule has 1 rings (SSSR count). The van der Waals surface area contributed by atoms with Gasteiger partial charge in [0.1, 0.15) is 11.6 Å². The first-order chi connectivity index (χ1) is 17.1. The molecule has 0 heterocycles. The number of unbranched alkanes of at least 4 members (excludes halogenated alkanes) is 2. The Morgan fingerprint density at radius 3 is 1.73 bits per heavy atom. The van der Waals surface area contributed by atoms with Gasteiger partial charge in [0, 0.05) is 42.7 Å². The van der Waals surface area contributed by atoms with E-state index < -0.39 is 16.5 Å². The molecule has 9 heteroatoms. The first-order valence-corrected chi connectivity index (χ1v) is 13.0. The molecule has 37 heavy (non-hydrogen) atoms. The van der Waals surface area contributed by atoms with E-state index in [1.165, 1.54) is 13.8 Å². The molecular weight excluding hydrogens is 470 g/mol. The van der Waals surface area contributed by atoms with Gasteiger partial charge in [0.2, 0.25) is 5.91 Å². The normalized spacial score (nSPS) is 12.2. The molecule has 0 unspecified atom stereocenters. The fraction of sp³-hybridized carbons (Fsp3) is 0.643. The van der Waals surface area contributed by atoms with Crippen LogP contribution in [0.1, 0.15) is 84.5 Å². The number of carbonyl (C=O) groups is 4. The van der Waals surface area contributed by atoms with Gasteiger partial charge >= 0.3 is 0 Å². The zero-order chi connectivity index (χ0) is 28.3. The first kappa shape index (κ1) is 32.4. The molecule has 0 spiro atoms. The predicted octanol–water partition coefficient (Wildman–Crippen LogP) is 2.79. The second kappa shape index (κ2) is 14.4. The summed E-state index contributed by atoms with van der Waals surface area (Å²) >= 11 is 0. The van der Waals surface area contributed by atoms with E-state index in [4.69, 9.17) is 5.73 Å². The van der Waals surface area contributed by atoms with Crippen LogP contribution in [0.15, 0.2) is 24.3 Å². The van der Waals surface area contributed by atoms with Crippen LogP contribution in [0.25, 0.3) is 0 Å². The van der Waals surface area contributed by atoms with Crippen molar-refractivity contribution in [3.63, 3.8) is 0 Å². The van der Waals surface area contributed by atoms with Gasteiger partial charge in [0.25, 0.3) is 5.91 Å². The fourth-order valence-corrected chi connectivity index (χ4v) is 3.24. The fourth-order valence-electron chi connectivity index (χ4n) is 3.24. The average molecular weight is 518 g/mol. The van der Waals surface area contributed by atoms with Crippen LogP contribution in [0.2, 0.25) is 0 Å². The first-order valence-electron chi connectivity index (χ1n) is 13.0. The smallest absolute Gasteiger partial charge is 0.251 e. The van der Waals surface area contributed by atoms with Crippen LogP contribution < -0.4 is 27.0 Å². The van der Waals surface area contributed by atoms with Crippen molar-refractivity contribution in [3.8, 4) is 0 Å². The van der Waals surface area contributed by atoms with Gasteiger partial charge in [-0.15, -0.1) is 0 Å². The summed E-state index contributed by atoms with van der Waals surface area (Å²) in [4.78, 5) is 48.9. The Hall–Kier alpha value is -2.62. The zero-order valence-corrected chi connectivity index (χ0v) is 23.7. The molecule has 0 atom stereocenters. The molecule has 0 aliphatic heterocycles. The van der Waals surface area contributed by atoms with Crippen molar-refractivity contribution < 1.29 is 19.2 Å². The zero-order valence-electron chi connectivity index (χ0n) is 23.7. The topological polar surface area (TPSA) is 142 Å². The number of nitrogens with two attached hydrogens (primary N) is 1. The van der Waals surface area contributed by atoms with Crippen LogP contribution in [0.4, 0.5) is 5.69 Å². The van der Waals surface area contributed by atoms with E-state index in [0.29, 0.717) is 43.9 Å². The van der Waals surface area contributed by atoms with Gasteiger partial charge in [-0.05, 0) is 85.2 Å². The summed E-state index contributed by atoms with van der Waals surface area (Å²) in [6.07, 6.45) is 3.06. The average Bonchev–Trinajstić information content (AvgIpc) is 2.83. The van der Waals surface area contributed by atoms with Crippen molar-refractivity contribution in [2.24, 2.45) is 11.1 Å². The van der Waals surface area contributed by atoms with Crippen molar-refractivity contribution in [2.45, 2.75) is 85.2 Å². The maximum Gasteiger partial charge on any atom is 0.251 e. The van der Waals surface area contributed by atoms with Gasteiger partial charge in [0.15, 0.2) is 0 Å². The van der Waals surface area contributed by atoms with Crippen molar-refractivity contribution in [2.75, 3.05) is 31.5 Å². The molecule has 1 aromatic rings. The Morgan fingerprint density at radius 2 is 1.27 bits per heavy atom. The summed E-state index contributed by atoms with van der Waals surface area (Å²) in [6, 6.07) is 6.76. The number of benzene rings is 1. The lowest BCUT2D eigenvalue weighted by molar-refractivity contribution is -0.122. The SMILES string of the molecule is CC(=O)C(C)(C)NCC(C)(CNC(=O)c1ccc(NC(=O)CCCCCN)cc1)CNC(C)(C)C(C)=O. The van der Waals surface area contributed by atoms with Crippen molar-refractivity contribution in [3.05, 3.63) is 29.8 Å². The molecule has 0 aliphatic rings. The van der Waals surface area contributed by atoms with Crippen LogP contribution >= 0.6 is 0 Å². The highest BCUT2D eigenvalue weighted by atomic mass is 16.2. The second-order valence-corrected chi connectivity index (χ2v) is 11.3. The number of ketones is 2. The Morgan fingerprint density at radius 1 is 0.757 bits per heavy atom. The largest absolute Gasteiger partial charge is 0.351 e. The van der Waals surface area contributed by atoms with Crippen LogP contribution in [0.3, 0.4) is 0 Å². The highest BCUT2D eigenvalue weighted by Gasteiger charge is 2.33. The maximum absolute atomic E-state index is 12.9. The molecule has 208 valence electrons. The molecule has 0 fully saturated rings. The van der Waals surface area contributed by atoms with E-state index in [9.17, 15) is 19.2 Å². The number of nitrogens with one attached hydrogen (secondary N) is 4. The summed E-state index contributed by atoms with van der Waals surface area (Å²) in [7, 11) is 0. The molecule has 0 saturated carbocycles. The van der Waals surface area contributed by atoms with E-state index in [-0.39, 0.29) is 23.4 Å². The molecule has 0 radical (unpaired) electrons. The van der Waals surface area contributed by atoms with E-state index in [0.717, 1.165) is 19.3 Å². The summed E-state index contributed by atoms with van der Waals surface area (Å²) in [5.74, 6) is -0.285. The minimum absolute atomic E-state index is 0.0126. The van der Waals surface area contributed by atoms with E-state index >= 15 is 0 Å². The Labute approximate surface area is 222 Å². The monoisotopic (exact) mass is 517 g/mol. The number of hydrogen-bond acceptors (Lipinski definition) is 7. The lowest BCUT2D eigenvalue weighted by Crippen LogP contribution is -2.57. The Bertz CT molecular complexity index is 895. The number of hydrogen-bond donors (Lipinski definition) is 5. The molecule has 1 aromatic carbocycles. The molecule has 0 bridgehead atoms. The summed E-state index contributed by atoms with van der Waals surface area (Å²) in [5.41, 5.74) is 4.65. The quantitative estimate of drug-likeness (QED) is 0.200. The van der Waals surface area contributed by atoms with E-state index in [1.54, 1.807) is 24.3 Å². The van der Waals surface area contributed by atoms with Crippen LogP contribution in [-0.4, -0.2) is 60.6 Å². The minimum Gasteiger partial charge on any atom is -0.351 e. The van der Waals surface area contributed by atoms with Gasteiger partial charge in [-0.2, -0.15) is 0 Å². The van der Waals surface area contributed by atoms with Gasteiger partial charge in [-0.1, -0.05) is 13.3 Å². The predicted molar refractivity (Wildman–Crippen MR) is 149 cm³/mol. The maximum atomic E-state index is 12.9. The van der Waals surface area contributed by atoms with Gasteiger partial charge < -0.3 is 27.0 Å². The Kier molecular flexibility index (Phi) is 12.6. The highest BCUT2D eigenvalue weighted by molar-refractivity contribution is 5.95. The number of rotatable bonds is 17. The number of amides is 2. The second-order valence-electron chi connectivity index (χ2n) is 11.3. The molecular formula is C28H47N5O4. The van der Waals surface area contributed by atoms with Crippen LogP contribution in [0, 0.1) is 5.41 Å². The highest BCUT2D eigenvalue weighted by Crippen LogP contribution is 2.18. The standard InChI is InChI=1S/C28H47N5O4/c1-20(34)26(3,4)31-18-28(7,19-32-27(5,6)21(2)35)17-30-25(37)22-12-14-23(15-13-22)33-24(36)11-9-8-10-16-29/h12-15,31-32H,8-11,16-19,29H2,1-7H3,(H,30,37)(H,33,36). The van der Waals surface area contributed by atoms with Gasteiger partial charge in [-0.3, -0.25) is 19.2 Å². The third-order valence-electron chi connectivity index (χ3n) is 6.89. The van der Waals surface area contributed by atoms with Gasteiger partial charge in [-0.25, -0.2) is 0 Å². The summed E-state index contributed by atoms with van der Waals surface area (Å²) < 4.78 is 0. The number of Topliss-reactive ketones (excluding diaryl/α,β-unsaturated/α-hetero) is 2. The molecule has 6 N–H and O–H groups in total. The molecule has 9 nitrogen and oxygen atoms in total. The van der Waals surface area contributed by atoms with Crippen molar-refractivity contribution >= 4 is 29.1 Å². The molecule has 0 aliphatic carbocycles. The van der Waals surface area contributed by atoms with Crippen LogP contribution in [-0.2, 0) is 14.4 Å². The van der Waals surface area contributed by atoms with E-state index in [1.807, 2.05) is 34.6 Å². The lowest BCUT2D eigenvalue weighted by Gasteiger charge is -2.37. The molecule has 0 aromatic heterocycles. The lowest BCUT2D eigenvalue weighted by atomic mass is 9.86. The third-order valence-corrected chi connectivity index (χ3v) is 6.89. The molecule has 0 saturated heterocycles. The number of anilines is 1. The van der Waals surface area contributed by atoms with Crippen molar-refractivity contribution in [1.82, 2.24) is 16.0 Å². The Balaban J connectivity index is 2.80. The van der Waals surface area contributed by atoms with Gasteiger partial charge in [0.05, 0.1) is 11.1 Å². The van der Waals surface area contributed by atoms with Crippen molar-refractivity contribution in [1.29, 1.82) is 0 Å². The summed E-state index contributed by atoms with van der Waals surface area (Å²) in [5, 5.41) is 12.4. The summed E-state index contributed by atoms with van der Waals surface area (Å²) in [6.45, 7) is 14.2. The molecule has 2 amide bonds. The van der Waals surface area contributed by atoms with E-state index in [2.05, 4.69) is 21.3 Å². The third kappa shape index (κ3) is 11.5.